The third-order valence-electron chi connectivity index (χ3n) is 4.29. The normalized spacial score (nSPS) is 12.9. The maximum Gasteiger partial charge on any atom is 0.172 e. The molecule has 27 heavy (non-hydrogen) atoms. The molecule has 3 aromatic carbocycles. The predicted octanol–water partition coefficient (Wildman–Crippen LogP) is 5.91. The average molecular weight is 390 g/mol. The number of methoxy groups -OCH3 is 1. The van der Waals surface area contributed by atoms with Gasteiger partial charge in [-0.3, -0.25) is 0 Å². The van der Waals surface area contributed by atoms with Crippen LogP contribution in [0, 0.1) is 0 Å². The van der Waals surface area contributed by atoms with Gasteiger partial charge < -0.3 is 9.72 Å². The molecule has 1 N–H and O–H groups in total. The third kappa shape index (κ3) is 3.01. The molecule has 1 aliphatic heterocycles. The van der Waals surface area contributed by atoms with Crippen LogP contribution in [-0.4, -0.2) is 22.1 Å². The van der Waals surface area contributed by atoms with Gasteiger partial charge in [-0.05, 0) is 42.1 Å². The van der Waals surface area contributed by atoms with Crippen molar-refractivity contribution in [1.82, 2.24) is 9.97 Å². The molecule has 1 aliphatic rings. The van der Waals surface area contributed by atoms with Crippen LogP contribution in [0.1, 0.15) is 5.56 Å². The summed E-state index contributed by atoms with van der Waals surface area (Å²) >= 11 is 3.29. The molecule has 0 atom stereocenters. The van der Waals surface area contributed by atoms with E-state index in [0.29, 0.717) is 0 Å². The summed E-state index contributed by atoms with van der Waals surface area (Å²) in [6.45, 7) is 0. The fourth-order valence-electron chi connectivity index (χ4n) is 3.02. The number of benzene rings is 3. The number of H-pyrrole nitrogens is 1. The first-order valence-electron chi connectivity index (χ1n) is 8.47. The summed E-state index contributed by atoms with van der Waals surface area (Å²) in [5.74, 6) is 0.764. The van der Waals surface area contributed by atoms with Crippen molar-refractivity contribution in [3.63, 3.8) is 0 Å². The number of nitrogens with one attached hydrogen (secondary N) is 1. The Morgan fingerprint density at radius 1 is 0.926 bits per heavy atom. The minimum atomic E-state index is 0.764. The summed E-state index contributed by atoms with van der Waals surface area (Å²) in [6.07, 6.45) is 0. The molecule has 0 amide bonds. The van der Waals surface area contributed by atoms with E-state index < -0.39 is 0 Å². The third-order valence-corrected chi connectivity index (χ3v) is 6.32. The van der Waals surface area contributed by atoms with Crippen molar-refractivity contribution >= 4 is 45.3 Å². The fraction of sp³-hybridized carbons (Fsp3) is 0.0476. The lowest BCUT2D eigenvalue weighted by atomic mass is 10.2. The van der Waals surface area contributed by atoms with Gasteiger partial charge in [0, 0.05) is 15.4 Å². The van der Waals surface area contributed by atoms with E-state index in [4.69, 9.17) is 14.7 Å². The molecule has 5 rings (SSSR count). The van der Waals surface area contributed by atoms with Crippen molar-refractivity contribution in [1.29, 1.82) is 0 Å². The number of fused-ring (bicyclic) bond motifs is 3. The van der Waals surface area contributed by atoms with Crippen LogP contribution >= 0.6 is 23.5 Å². The van der Waals surface area contributed by atoms with Crippen LogP contribution in [0.4, 0.5) is 5.69 Å². The van der Waals surface area contributed by atoms with Gasteiger partial charge in [0.05, 0.1) is 18.3 Å². The van der Waals surface area contributed by atoms with Crippen molar-refractivity contribution in [3.8, 4) is 5.75 Å². The number of hydrogen-bond donors (Lipinski definition) is 1. The Morgan fingerprint density at radius 3 is 2.63 bits per heavy atom. The van der Waals surface area contributed by atoms with Crippen LogP contribution in [0.15, 0.2) is 86.7 Å². The minimum Gasteiger partial charge on any atom is -0.494 e. The summed E-state index contributed by atoms with van der Waals surface area (Å²) in [5, 5.41) is 1.73. The van der Waals surface area contributed by atoms with Gasteiger partial charge in [-0.1, -0.05) is 48.2 Å². The second kappa shape index (κ2) is 6.79. The number of aliphatic imine (C=N–C) groups is 1. The minimum absolute atomic E-state index is 0.764. The van der Waals surface area contributed by atoms with Gasteiger partial charge in [-0.25, -0.2) is 9.98 Å². The first kappa shape index (κ1) is 16.5. The topological polar surface area (TPSA) is 50.3 Å². The predicted molar refractivity (Wildman–Crippen MR) is 112 cm³/mol. The molecule has 0 saturated heterocycles. The lowest BCUT2D eigenvalue weighted by Crippen LogP contribution is -1.97. The quantitative estimate of drug-likeness (QED) is 0.463. The van der Waals surface area contributed by atoms with Gasteiger partial charge in [-0.15, -0.1) is 0 Å². The highest BCUT2D eigenvalue weighted by molar-refractivity contribution is 8.14. The van der Waals surface area contributed by atoms with Crippen molar-refractivity contribution in [3.05, 3.63) is 72.3 Å². The molecule has 0 bridgehead atoms. The van der Waals surface area contributed by atoms with Crippen molar-refractivity contribution in [2.24, 2.45) is 4.99 Å². The lowest BCUT2D eigenvalue weighted by molar-refractivity contribution is 0.419. The zero-order valence-electron chi connectivity index (χ0n) is 14.5. The molecule has 0 saturated carbocycles. The van der Waals surface area contributed by atoms with E-state index in [1.165, 1.54) is 4.90 Å². The van der Waals surface area contributed by atoms with E-state index in [2.05, 4.69) is 35.3 Å². The maximum atomic E-state index is 5.43. The highest BCUT2D eigenvalue weighted by atomic mass is 32.2. The SMILES string of the molecule is COc1cccc2[nH]c(SC3=Nc4ccccc4Sc4ccccc43)nc12. The Kier molecular flexibility index (Phi) is 4.14. The first-order chi connectivity index (χ1) is 13.3. The molecule has 2 heterocycles. The summed E-state index contributed by atoms with van der Waals surface area (Å²) < 4.78 is 5.43. The number of nitrogens with zero attached hydrogens (tertiary/aromatic N) is 2. The van der Waals surface area contributed by atoms with Crippen LogP contribution in [0.25, 0.3) is 11.0 Å². The number of aromatic nitrogens is 2. The molecule has 4 aromatic rings. The molecule has 0 aliphatic carbocycles. The Bertz CT molecular complexity index is 1180. The van der Waals surface area contributed by atoms with Crippen molar-refractivity contribution in [2.45, 2.75) is 14.9 Å². The van der Waals surface area contributed by atoms with E-state index >= 15 is 0 Å². The number of aromatic amines is 1. The van der Waals surface area contributed by atoms with Crippen molar-refractivity contribution < 1.29 is 4.74 Å². The van der Waals surface area contributed by atoms with E-state index in [9.17, 15) is 0 Å². The van der Waals surface area contributed by atoms with Crippen LogP contribution in [0.3, 0.4) is 0 Å². The molecule has 0 radical (unpaired) electrons. The van der Waals surface area contributed by atoms with E-state index in [-0.39, 0.29) is 0 Å². The van der Waals surface area contributed by atoms with E-state index in [1.54, 1.807) is 30.6 Å². The Balaban J connectivity index is 1.62. The monoisotopic (exact) mass is 389 g/mol. The average Bonchev–Trinajstić information content (AvgIpc) is 3.04. The standard InChI is InChI=1S/C21H15N3OS2/c1-25-16-10-6-9-15-19(16)24-21(23-15)27-20-13-7-2-4-11-17(13)26-18-12-5-3-8-14(18)22-20/h2-12H,1H3,(H,23,24). The smallest absolute Gasteiger partial charge is 0.172 e. The lowest BCUT2D eigenvalue weighted by Gasteiger charge is -2.06. The highest BCUT2D eigenvalue weighted by Crippen LogP contribution is 2.42. The maximum absolute atomic E-state index is 5.43. The molecule has 0 fully saturated rings. The van der Waals surface area contributed by atoms with Gasteiger partial charge in [0.1, 0.15) is 16.3 Å². The molecule has 0 unspecified atom stereocenters. The number of para-hydroxylation sites is 2. The van der Waals surface area contributed by atoms with Gasteiger partial charge >= 0.3 is 0 Å². The molecule has 1 aromatic heterocycles. The number of hydrogen-bond acceptors (Lipinski definition) is 5. The second-order valence-corrected chi connectivity index (χ2v) is 8.04. The van der Waals surface area contributed by atoms with Gasteiger partial charge in [0.2, 0.25) is 0 Å². The number of rotatable bonds is 2. The summed E-state index contributed by atoms with van der Waals surface area (Å²) in [5.41, 5.74) is 3.89. The second-order valence-electron chi connectivity index (χ2n) is 5.98. The molecule has 0 spiro atoms. The number of thioether (sulfide) groups is 1. The van der Waals surface area contributed by atoms with Crippen LogP contribution in [-0.2, 0) is 0 Å². The Morgan fingerprint density at radius 2 is 1.74 bits per heavy atom. The van der Waals surface area contributed by atoms with Crippen LogP contribution in [0.5, 0.6) is 5.75 Å². The summed E-state index contributed by atoms with van der Waals surface area (Å²) in [7, 11) is 1.66. The van der Waals surface area contributed by atoms with E-state index in [0.717, 1.165) is 43.1 Å². The molecular formula is C21H15N3OS2. The Hall–Kier alpha value is -2.70. The zero-order valence-corrected chi connectivity index (χ0v) is 16.1. The molecule has 4 nitrogen and oxygen atoms in total. The molecular weight excluding hydrogens is 374 g/mol. The van der Waals surface area contributed by atoms with E-state index in [1.807, 2.05) is 36.4 Å². The molecule has 132 valence electrons. The van der Waals surface area contributed by atoms with Gasteiger partial charge in [0.15, 0.2) is 5.16 Å². The van der Waals surface area contributed by atoms with Crippen LogP contribution < -0.4 is 4.74 Å². The zero-order chi connectivity index (χ0) is 18.2. The largest absolute Gasteiger partial charge is 0.494 e. The van der Waals surface area contributed by atoms with Gasteiger partial charge in [-0.2, -0.15) is 0 Å². The number of imidazole rings is 1. The summed E-state index contributed by atoms with van der Waals surface area (Å²) in [6, 6.07) is 22.5. The van der Waals surface area contributed by atoms with Crippen molar-refractivity contribution in [2.75, 3.05) is 7.11 Å². The fourth-order valence-corrected chi connectivity index (χ4v) is 5.02. The molecule has 6 heteroatoms. The Labute approximate surface area is 165 Å². The number of ether oxygens (including phenoxy) is 1. The highest BCUT2D eigenvalue weighted by Gasteiger charge is 2.19. The van der Waals surface area contributed by atoms with Crippen LogP contribution in [0.2, 0.25) is 0 Å². The summed E-state index contributed by atoms with van der Waals surface area (Å²) in [4.78, 5) is 15.4. The first-order valence-corrected chi connectivity index (χ1v) is 10.1. The van der Waals surface area contributed by atoms with Gasteiger partial charge in [0.25, 0.3) is 0 Å².